The monoisotopic (exact) mass is 376 g/mol. The molecule has 5 nitrogen and oxygen atoms in total. The number of halogens is 1. The number of carbonyl (C=O) groups is 1. The van der Waals surface area contributed by atoms with Crippen molar-refractivity contribution in [2.24, 2.45) is 0 Å². The molecule has 26 heavy (non-hydrogen) atoms. The number of hydrogen-bond donors (Lipinski definition) is 1. The summed E-state index contributed by atoms with van der Waals surface area (Å²) in [6, 6.07) is 10.3. The van der Waals surface area contributed by atoms with Gasteiger partial charge in [-0.15, -0.1) is 0 Å². The average molecular weight is 376 g/mol. The fraction of sp³-hybridized carbons (Fsp3) is 0.316. The summed E-state index contributed by atoms with van der Waals surface area (Å²) in [5, 5.41) is 0. The van der Waals surface area contributed by atoms with Crippen molar-refractivity contribution in [3.8, 4) is 0 Å². The van der Waals surface area contributed by atoms with E-state index in [0.29, 0.717) is 37.2 Å². The summed E-state index contributed by atoms with van der Waals surface area (Å²) in [6.45, 7) is 2.83. The second kappa shape index (κ2) is 7.55. The molecule has 0 bridgehead atoms. The zero-order valence-corrected chi connectivity index (χ0v) is 15.4. The van der Waals surface area contributed by atoms with E-state index in [1.165, 1.54) is 30.3 Å². The Labute approximate surface area is 152 Å². The molecule has 1 aliphatic rings. The highest BCUT2D eigenvalue weighted by molar-refractivity contribution is 7.89. The van der Waals surface area contributed by atoms with Gasteiger partial charge in [-0.25, -0.2) is 17.5 Å². The molecule has 0 aliphatic carbocycles. The van der Waals surface area contributed by atoms with Gasteiger partial charge in [0.25, 0.3) is 5.91 Å². The van der Waals surface area contributed by atoms with E-state index in [1.807, 2.05) is 6.92 Å². The van der Waals surface area contributed by atoms with Crippen LogP contribution < -0.4 is 9.62 Å². The van der Waals surface area contributed by atoms with Crippen LogP contribution in [0.2, 0.25) is 0 Å². The van der Waals surface area contributed by atoms with Crippen LogP contribution in [0, 0.1) is 5.82 Å². The van der Waals surface area contributed by atoms with Crippen LogP contribution in [0.25, 0.3) is 0 Å². The smallest absolute Gasteiger partial charge is 0.258 e. The molecule has 0 spiro atoms. The Morgan fingerprint density at radius 3 is 2.62 bits per heavy atom. The number of benzene rings is 2. The third kappa shape index (κ3) is 3.78. The van der Waals surface area contributed by atoms with Gasteiger partial charge in [0.1, 0.15) is 5.82 Å². The second-order valence-corrected chi connectivity index (χ2v) is 8.02. The van der Waals surface area contributed by atoms with E-state index in [4.69, 9.17) is 0 Å². The molecule has 7 heteroatoms. The molecule has 1 heterocycles. The minimum atomic E-state index is -3.55. The summed E-state index contributed by atoms with van der Waals surface area (Å²) in [6.07, 6.45) is 2.16. The van der Waals surface area contributed by atoms with Crippen molar-refractivity contribution in [2.45, 2.75) is 31.1 Å². The number of sulfonamides is 1. The Morgan fingerprint density at radius 2 is 1.92 bits per heavy atom. The molecule has 0 fully saturated rings. The molecule has 0 aromatic heterocycles. The molecule has 1 aliphatic heterocycles. The largest absolute Gasteiger partial charge is 0.308 e. The zero-order chi connectivity index (χ0) is 18.7. The molecule has 138 valence electrons. The van der Waals surface area contributed by atoms with Crippen LogP contribution in [0.4, 0.5) is 10.1 Å². The summed E-state index contributed by atoms with van der Waals surface area (Å²) in [7, 11) is -3.55. The van der Waals surface area contributed by atoms with Crippen molar-refractivity contribution >= 4 is 21.6 Å². The van der Waals surface area contributed by atoms with Gasteiger partial charge in [0.2, 0.25) is 10.0 Å². The number of nitrogens with zero attached hydrogens (tertiary/aromatic N) is 1. The van der Waals surface area contributed by atoms with Crippen LogP contribution in [0.15, 0.2) is 47.4 Å². The number of carbonyl (C=O) groups excluding carboxylic acids is 1. The highest BCUT2D eigenvalue weighted by Crippen LogP contribution is 2.30. The molecule has 0 saturated heterocycles. The third-order valence-corrected chi connectivity index (χ3v) is 5.82. The first kappa shape index (κ1) is 18.5. The SMILES string of the molecule is CCCNS(=O)(=O)c1ccc2c(c1)CCCN2C(=O)c1ccc(F)cc1. The van der Waals surface area contributed by atoms with Crippen LogP contribution >= 0.6 is 0 Å². The highest BCUT2D eigenvalue weighted by Gasteiger charge is 2.25. The number of rotatable bonds is 5. The summed E-state index contributed by atoms with van der Waals surface area (Å²) in [5.41, 5.74) is 1.94. The minimum Gasteiger partial charge on any atom is -0.308 e. The van der Waals surface area contributed by atoms with Gasteiger partial charge in [-0.3, -0.25) is 4.79 Å². The Balaban J connectivity index is 1.91. The van der Waals surface area contributed by atoms with Crippen LogP contribution in [0.1, 0.15) is 35.7 Å². The lowest BCUT2D eigenvalue weighted by atomic mass is 10.0. The maximum Gasteiger partial charge on any atom is 0.258 e. The van der Waals surface area contributed by atoms with E-state index in [9.17, 15) is 17.6 Å². The fourth-order valence-corrected chi connectivity index (χ4v) is 4.20. The molecule has 0 saturated carbocycles. The average Bonchev–Trinajstić information content (AvgIpc) is 2.65. The lowest BCUT2D eigenvalue weighted by molar-refractivity contribution is 0.0985. The maximum atomic E-state index is 13.1. The summed E-state index contributed by atoms with van der Waals surface area (Å²) >= 11 is 0. The van der Waals surface area contributed by atoms with E-state index >= 15 is 0 Å². The number of amides is 1. The van der Waals surface area contributed by atoms with E-state index in [1.54, 1.807) is 17.0 Å². The fourth-order valence-electron chi connectivity index (χ4n) is 3.02. The molecular formula is C19H21FN2O3S. The lowest BCUT2D eigenvalue weighted by Crippen LogP contribution is -2.35. The molecule has 0 radical (unpaired) electrons. The molecule has 1 N–H and O–H groups in total. The Bertz CT molecular complexity index is 911. The highest BCUT2D eigenvalue weighted by atomic mass is 32.2. The zero-order valence-electron chi connectivity index (χ0n) is 14.5. The molecule has 3 rings (SSSR count). The van der Waals surface area contributed by atoms with Crippen molar-refractivity contribution in [3.05, 3.63) is 59.4 Å². The number of nitrogens with one attached hydrogen (secondary N) is 1. The van der Waals surface area contributed by atoms with Crippen molar-refractivity contribution in [1.82, 2.24) is 4.72 Å². The molecule has 2 aromatic rings. The van der Waals surface area contributed by atoms with Gasteiger partial charge >= 0.3 is 0 Å². The molecule has 0 atom stereocenters. The van der Waals surface area contributed by atoms with Gasteiger partial charge in [0.15, 0.2) is 0 Å². The quantitative estimate of drug-likeness (QED) is 0.872. The van der Waals surface area contributed by atoms with Gasteiger partial charge in [-0.2, -0.15) is 0 Å². The standard InChI is InChI=1S/C19H21FN2O3S/c1-2-11-21-26(24,25)17-9-10-18-15(13-17)4-3-12-22(18)19(23)14-5-7-16(20)8-6-14/h5-10,13,21H,2-4,11-12H2,1H3. The summed E-state index contributed by atoms with van der Waals surface area (Å²) in [5.74, 6) is -0.610. The molecule has 2 aromatic carbocycles. The van der Waals surface area contributed by atoms with E-state index in [-0.39, 0.29) is 10.8 Å². The maximum absolute atomic E-state index is 13.1. The molecule has 0 unspecified atom stereocenters. The topological polar surface area (TPSA) is 66.5 Å². The van der Waals surface area contributed by atoms with Crippen LogP contribution in [-0.2, 0) is 16.4 Å². The molecular weight excluding hydrogens is 355 g/mol. The Kier molecular flexibility index (Phi) is 5.38. The second-order valence-electron chi connectivity index (χ2n) is 6.26. The normalized spacial score (nSPS) is 14.2. The minimum absolute atomic E-state index is 0.209. The van der Waals surface area contributed by atoms with Crippen LogP contribution in [0.3, 0.4) is 0 Å². The van der Waals surface area contributed by atoms with Gasteiger partial charge in [-0.1, -0.05) is 6.92 Å². The first-order valence-electron chi connectivity index (χ1n) is 8.62. The number of hydrogen-bond acceptors (Lipinski definition) is 3. The van der Waals surface area contributed by atoms with Crippen molar-refractivity contribution in [3.63, 3.8) is 0 Å². The van der Waals surface area contributed by atoms with Gasteiger partial charge in [0.05, 0.1) is 4.90 Å². The number of aryl methyl sites for hydroxylation is 1. The van der Waals surface area contributed by atoms with Gasteiger partial charge in [-0.05, 0) is 67.3 Å². The Morgan fingerprint density at radius 1 is 1.19 bits per heavy atom. The number of fused-ring (bicyclic) bond motifs is 1. The van der Waals surface area contributed by atoms with Crippen molar-refractivity contribution in [2.75, 3.05) is 18.0 Å². The van der Waals surface area contributed by atoms with Gasteiger partial charge in [0, 0.05) is 24.3 Å². The predicted octanol–water partition coefficient (Wildman–Crippen LogP) is 3.11. The number of anilines is 1. The van der Waals surface area contributed by atoms with Crippen LogP contribution in [-0.4, -0.2) is 27.4 Å². The van der Waals surface area contributed by atoms with E-state index in [0.717, 1.165) is 12.0 Å². The first-order chi connectivity index (χ1) is 12.4. The third-order valence-electron chi connectivity index (χ3n) is 4.36. The summed E-state index contributed by atoms with van der Waals surface area (Å²) < 4.78 is 40.3. The van der Waals surface area contributed by atoms with Crippen LogP contribution in [0.5, 0.6) is 0 Å². The Hall–Kier alpha value is -2.25. The predicted molar refractivity (Wildman–Crippen MR) is 98.3 cm³/mol. The van der Waals surface area contributed by atoms with Crippen molar-refractivity contribution in [1.29, 1.82) is 0 Å². The first-order valence-corrected chi connectivity index (χ1v) is 10.1. The lowest BCUT2D eigenvalue weighted by Gasteiger charge is -2.30. The van der Waals surface area contributed by atoms with Gasteiger partial charge < -0.3 is 4.90 Å². The summed E-state index contributed by atoms with van der Waals surface area (Å²) in [4.78, 5) is 14.6. The van der Waals surface area contributed by atoms with E-state index < -0.39 is 15.8 Å². The van der Waals surface area contributed by atoms with Crippen molar-refractivity contribution < 1.29 is 17.6 Å². The molecule has 1 amide bonds. The van der Waals surface area contributed by atoms with E-state index in [2.05, 4.69) is 4.72 Å².